The van der Waals surface area contributed by atoms with Gasteiger partial charge in [0, 0.05) is 6.54 Å². The Bertz CT molecular complexity index is 494. The van der Waals surface area contributed by atoms with E-state index in [9.17, 15) is 5.11 Å². The molecule has 1 aromatic carbocycles. The fourth-order valence-corrected chi connectivity index (χ4v) is 2.77. The van der Waals surface area contributed by atoms with Gasteiger partial charge < -0.3 is 10.0 Å². The molecular weight excluding hydrogens is 282 g/mol. The number of nitrogens with zero attached hydrogens (tertiary/aromatic N) is 1. The molecule has 0 radical (unpaired) electrons. The van der Waals surface area contributed by atoms with Crippen molar-refractivity contribution in [2.45, 2.75) is 73.3 Å². The lowest BCUT2D eigenvalue weighted by atomic mass is 9.79. The summed E-state index contributed by atoms with van der Waals surface area (Å²) in [6.45, 7) is 17.8. The van der Waals surface area contributed by atoms with Crippen LogP contribution in [0.2, 0.25) is 0 Å². The van der Waals surface area contributed by atoms with Gasteiger partial charge in [-0.2, -0.15) is 0 Å². The van der Waals surface area contributed by atoms with Crippen LogP contribution in [0.4, 0.5) is 0 Å². The standard InChI is InChI=1S/C21H37NO/c1-16(20(2,3)4)10-9-13-22(8)15-17-11-12-19(23)18(14-17)21(5,6)7/h11-12,14,16,23H,9-10,13,15H2,1-8H3. The fraction of sp³-hybridized carbons (Fsp3) is 0.714. The van der Waals surface area contributed by atoms with Crippen LogP contribution >= 0.6 is 0 Å². The smallest absolute Gasteiger partial charge is 0.119 e. The van der Waals surface area contributed by atoms with Gasteiger partial charge in [0.1, 0.15) is 5.75 Å². The van der Waals surface area contributed by atoms with E-state index < -0.39 is 0 Å². The van der Waals surface area contributed by atoms with E-state index in [1.807, 2.05) is 12.1 Å². The summed E-state index contributed by atoms with van der Waals surface area (Å²) >= 11 is 0. The number of aromatic hydroxyl groups is 1. The highest BCUT2D eigenvalue weighted by Crippen LogP contribution is 2.32. The van der Waals surface area contributed by atoms with Crippen LogP contribution in [-0.2, 0) is 12.0 Å². The largest absolute Gasteiger partial charge is 0.508 e. The van der Waals surface area contributed by atoms with Crippen molar-refractivity contribution in [3.63, 3.8) is 0 Å². The van der Waals surface area contributed by atoms with E-state index in [1.165, 1.54) is 18.4 Å². The first-order chi connectivity index (χ1) is 10.4. The van der Waals surface area contributed by atoms with Crippen molar-refractivity contribution in [3.05, 3.63) is 29.3 Å². The summed E-state index contributed by atoms with van der Waals surface area (Å²) in [5.41, 5.74) is 2.68. The van der Waals surface area contributed by atoms with Gasteiger partial charge in [-0.1, -0.05) is 60.6 Å². The average Bonchev–Trinajstić information content (AvgIpc) is 2.38. The van der Waals surface area contributed by atoms with Crippen molar-refractivity contribution >= 4 is 0 Å². The molecule has 0 aliphatic carbocycles. The van der Waals surface area contributed by atoms with E-state index in [2.05, 4.69) is 66.5 Å². The Morgan fingerprint density at radius 1 is 1.09 bits per heavy atom. The van der Waals surface area contributed by atoms with Gasteiger partial charge in [0.2, 0.25) is 0 Å². The van der Waals surface area contributed by atoms with Gasteiger partial charge in [-0.25, -0.2) is 0 Å². The summed E-state index contributed by atoms with van der Waals surface area (Å²) in [7, 11) is 2.19. The zero-order chi connectivity index (χ0) is 17.8. The molecule has 0 heterocycles. The predicted molar refractivity (Wildman–Crippen MR) is 101 cm³/mol. The van der Waals surface area contributed by atoms with Crippen molar-refractivity contribution < 1.29 is 5.11 Å². The molecule has 1 N–H and O–H groups in total. The van der Waals surface area contributed by atoms with Crippen LogP contribution in [0.3, 0.4) is 0 Å². The van der Waals surface area contributed by atoms with E-state index in [4.69, 9.17) is 0 Å². The van der Waals surface area contributed by atoms with Crippen LogP contribution in [-0.4, -0.2) is 23.6 Å². The molecule has 0 amide bonds. The number of benzene rings is 1. The van der Waals surface area contributed by atoms with Crippen molar-refractivity contribution in [1.29, 1.82) is 0 Å². The number of phenolic OH excluding ortho intramolecular Hbond substituents is 1. The van der Waals surface area contributed by atoms with Crippen molar-refractivity contribution in [3.8, 4) is 5.75 Å². The monoisotopic (exact) mass is 319 g/mol. The van der Waals surface area contributed by atoms with Crippen molar-refractivity contribution in [1.82, 2.24) is 4.90 Å². The Labute approximate surface area is 143 Å². The van der Waals surface area contributed by atoms with Gasteiger partial charge in [0.05, 0.1) is 0 Å². The zero-order valence-electron chi connectivity index (χ0n) is 16.5. The van der Waals surface area contributed by atoms with Gasteiger partial charge in [-0.3, -0.25) is 0 Å². The molecule has 0 aliphatic rings. The Balaban J connectivity index is 2.57. The van der Waals surface area contributed by atoms with E-state index in [1.54, 1.807) is 0 Å². The van der Waals surface area contributed by atoms with Gasteiger partial charge in [-0.15, -0.1) is 0 Å². The molecule has 2 heteroatoms. The van der Waals surface area contributed by atoms with Gasteiger partial charge in [-0.05, 0) is 60.4 Å². The molecule has 0 aromatic heterocycles. The average molecular weight is 320 g/mol. The number of hydrogen-bond donors (Lipinski definition) is 1. The molecule has 0 bridgehead atoms. The number of hydrogen-bond acceptors (Lipinski definition) is 2. The summed E-state index contributed by atoms with van der Waals surface area (Å²) < 4.78 is 0. The second kappa shape index (κ2) is 7.70. The predicted octanol–water partition coefficient (Wildman–Crippen LogP) is 5.58. The van der Waals surface area contributed by atoms with Crippen LogP contribution in [0.25, 0.3) is 0 Å². The number of rotatable bonds is 6. The summed E-state index contributed by atoms with van der Waals surface area (Å²) in [4.78, 5) is 2.38. The molecular formula is C21H37NO. The Morgan fingerprint density at radius 3 is 2.22 bits per heavy atom. The lowest BCUT2D eigenvalue weighted by Crippen LogP contribution is -2.22. The molecule has 0 spiro atoms. The van der Waals surface area contributed by atoms with Gasteiger partial charge >= 0.3 is 0 Å². The van der Waals surface area contributed by atoms with Crippen LogP contribution < -0.4 is 0 Å². The number of phenols is 1. The third-order valence-corrected chi connectivity index (χ3v) is 4.98. The lowest BCUT2D eigenvalue weighted by molar-refractivity contribution is 0.226. The van der Waals surface area contributed by atoms with E-state index in [-0.39, 0.29) is 5.41 Å². The van der Waals surface area contributed by atoms with Gasteiger partial charge in [0.15, 0.2) is 0 Å². The minimum absolute atomic E-state index is 0.0270. The quantitative estimate of drug-likeness (QED) is 0.739. The molecule has 2 nitrogen and oxygen atoms in total. The minimum Gasteiger partial charge on any atom is -0.508 e. The Hall–Kier alpha value is -1.02. The lowest BCUT2D eigenvalue weighted by Gasteiger charge is -2.28. The summed E-state index contributed by atoms with van der Waals surface area (Å²) in [6.07, 6.45) is 2.51. The third-order valence-electron chi connectivity index (χ3n) is 4.98. The van der Waals surface area contributed by atoms with E-state index >= 15 is 0 Å². The first-order valence-corrected chi connectivity index (χ1v) is 8.92. The van der Waals surface area contributed by atoms with Crippen LogP contribution in [0.5, 0.6) is 5.75 Å². The maximum Gasteiger partial charge on any atom is 0.119 e. The maximum atomic E-state index is 10.1. The first kappa shape index (κ1) is 20.0. The second-order valence-electron chi connectivity index (χ2n) is 9.25. The molecule has 132 valence electrons. The summed E-state index contributed by atoms with van der Waals surface area (Å²) in [6, 6.07) is 6.04. The normalized spacial score (nSPS) is 14.3. The Morgan fingerprint density at radius 2 is 1.70 bits per heavy atom. The molecule has 0 saturated carbocycles. The highest BCUT2D eigenvalue weighted by atomic mass is 16.3. The zero-order valence-corrected chi connectivity index (χ0v) is 16.5. The molecule has 0 saturated heterocycles. The van der Waals surface area contributed by atoms with E-state index in [0.717, 1.165) is 24.6 Å². The van der Waals surface area contributed by atoms with Crippen LogP contribution in [0, 0.1) is 11.3 Å². The van der Waals surface area contributed by atoms with Gasteiger partial charge in [0.25, 0.3) is 0 Å². The summed E-state index contributed by atoms with van der Waals surface area (Å²) in [5.74, 6) is 1.15. The topological polar surface area (TPSA) is 23.5 Å². The molecule has 23 heavy (non-hydrogen) atoms. The highest BCUT2D eigenvalue weighted by molar-refractivity contribution is 5.40. The molecule has 0 aliphatic heterocycles. The molecule has 1 atom stereocenters. The van der Waals surface area contributed by atoms with Crippen LogP contribution in [0.15, 0.2) is 18.2 Å². The third kappa shape index (κ3) is 6.55. The molecule has 1 aromatic rings. The first-order valence-electron chi connectivity index (χ1n) is 8.92. The van der Waals surface area contributed by atoms with Crippen molar-refractivity contribution in [2.75, 3.05) is 13.6 Å². The van der Waals surface area contributed by atoms with E-state index in [0.29, 0.717) is 11.2 Å². The SMILES string of the molecule is CC(CCCN(C)Cc1ccc(O)c(C(C)(C)C)c1)C(C)(C)C. The van der Waals surface area contributed by atoms with Crippen molar-refractivity contribution in [2.24, 2.45) is 11.3 Å². The molecule has 1 unspecified atom stereocenters. The summed E-state index contributed by atoms with van der Waals surface area (Å²) in [5, 5.41) is 10.1. The Kier molecular flexibility index (Phi) is 6.70. The fourth-order valence-electron chi connectivity index (χ4n) is 2.77. The minimum atomic E-state index is -0.0270. The highest BCUT2D eigenvalue weighted by Gasteiger charge is 2.20. The van der Waals surface area contributed by atoms with Crippen LogP contribution in [0.1, 0.15) is 72.4 Å². The molecule has 0 fully saturated rings. The molecule has 1 rings (SSSR count). The maximum absolute atomic E-state index is 10.1. The second-order valence-corrected chi connectivity index (χ2v) is 9.25.